The van der Waals surface area contributed by atoms with Gasteiger partial charge in [-0.1, -0.05) is 0 Å². The Bertz CT molecular complexity index is 351. The van der Waals surface area contributed by atoms with Gasteiger partial charge in [0.05, 0.1) is 12.4 Å². The molecule has 0 fully saturated rings. The minimum Gasteiger partial charge on any atom is -0.465 e. The predicted molar refractivity (Wildman–Crippen MR) is 66.4 cm³/mol. The van der Waals surface area contributed by atoms with Crippen LogP contribution in [0.5, 0.6) is 0 Å². The maximum absolute atomic E-state index is 11.5. The van der Waals surface area contributed by atoms with E-state index < -0.39 is 21.3 Å². The van der Waals surface area contributed by atoms with E-state index in [0.717, 1.165) is 0 Å². The monoisotopic (exact) mass is 266 g/mol. The summed E-state index contributed by atoms with van der Waals surface area (Å²) in [4.78, 5) is 13.2. The van der Waals surface area contributed by atoms with Gasteiger partial charge in [-0.15, -0.1) is 0 Å². The van der Waals surface area contributed by atoms with Crippen molar-refractivity contribution in [2.24, 2.45) is 5.73 Å². The Balaban J connectivity index is 4.27. The Kier molecular flexibility index (Phi) is 6.08. The molecule has 1 atom stereocenters. The Morgan fingerprint density at radius 3 is 2.41 bits per heavy atom. The summed E-state index contributed by atoms with van der Waals surface area (Å²) in [6.45, 7) is 4.15. The summed E-state index contributed by atoms with van der Waals surface area (Å²) in [5.41, 5.74) is 4.70. The molecule has 0 radical (unpaired) electrons. The van der Waals surface area contributed by atoms with Crippen molar-refractivity contribution >= 4 is 15.8 Å². The number of nitrogens with two attached hydrogens (primary N) is 1. The van der Waals surface area contributed by atoms with Gasteiger partial charge in [-0.05, 0) is 20.9 Å². The van der Waals surface area contributed by atoms with Crippen LogP contribution >= 0.6 is 0 Å². The summed E-state index contributed by atoms with van der Waals surface area (Å²) in [5, 5.41) is 0. The first-order valence-corrected chi connectivity index (χ1v) is 7.47. The SMILES string of the molecule is CCOC(=O)C(C)(N)CN(C)CCS(C)(=O)=O. The van der Waals surface area contributed by atoms with Gasteiger partial charge in [0, 0.05) is 19.3 Å². The summed E-state index contributed by atoms with van der Waals surface area (Å²) in [5.74, 6) is -0.436. The van der Waals surface area contributed by atoms with Gasteiger partial charge in [0.15, 0.2) is 0 Å². The van der Waals surface area contributed by atoms with E-state index in [2.05, 4.69) is 0 Å². The van der Waals surface area contributed by atoms with Crippen molar-refractivity contribution < 1.29 is 17.9 Å². The summed E-state index contributed by atoms with van der Waals surface area (Å²) in [6, 6.07) is 0. The second-order valence-corrected chi connectivity index (χ2v) is 6.77. The van der Waals surface area contributed by atoms with Gasteiger partial charge in [-0.25, -0.2) is 8.42 Å². The van der Waals surface area contributed by atoms with Gasteiger partial charge in [0.1, 0.15) is 15.4 Å². The first-order valence-electron chi connectivity index (χ1n) is 5.41. The van der Waals surface area contributed by atoms with E-state index >= 15 is 0 Å². The van der Waals surface area contributed by atoms with Gasteiger partial charge < -0.3 is 15.4 Å². The second kappa shape index (κ2) is 6.32. The number of rotatable bonds is 7. The van der Waals surface area contributed by atoms with Crippen molar-refractivity contribution in [2.45, 2.75) is 19.4 Å². The zero-order valence-electron chi connectivity index (χ0n) is 10.9. The molecule has 0 aromatic rings. The van der Waals surface area contributed by atoms with E-state index in [4.69, 9.17) is 10.5 Å². The third-order valence-corrected chi connectivity index (χ3v) is 3.11. The lowest BCUT2D eigenvalue weighted by Crippen LogP contribution is -2.54. The van der Waals surface area contributed by atoms with Crippen LogP contribution in [0, 0.1) is 0 Å². The molecule has 102 valence electrons. The van der Waals surface area contributed by atoms with Crippen LogP contribution in [-0.2, 0) is 19.4 Å². The van der Waals surface area contributed by atoms with Crippen molar-refractivity contribution in [1.29, 1.82) is 0 Å². The first-order chi connectivity index (χ1) is 7.58. The minimum absolute atomic E-state index is 0.0441. The minimum atomic E-state index is -3.00. The molecule has 0 aliphatic heterocycles. The Morgan fingerprint density at radius 1 is 1.47 bits per heavy atom. The highest BCUT2D eigenvalue weighted by atomic mass is 32.2. The van der Waals surface area contributed by atoms with Crippen molar-refractivity contribution in [3.63, 3.8) is 0 Å². The van der Waals surface area contributed by atoms with Crippen molar-refractivity contribution in [3.05, 3.63) is 0 Å². The fraction of sp³-hybridized carbons (Fsp3) is 0.900. The zero-order valence-corrected chi connectivity index (χ0v) is 11.7. The highest BCUT2D eigenvalue weighted by Crippen LogP contribution is 2.05. The number of likely N-dealkylation sites (N-methyl/N-ethyl adjacent to an activating group) is 1. The molecule has 1 unspecified atom stereocenters. The van der Waals surface area contributed by atoms with Crippen LogP contribution in [0.1, 0.15) is 13.8 Å². The van der Waals surface area contributed by atoms with Crippen molar-refractivity contribution in [2.75, 3.05) is 38.8 Å². The number of carbonyl (C=O) groups is 1. The molecule has 0 aliphatic rings. The van der Waals surface area contributed by atoms with Crippen molar-refractivity contribution in [3.8, 4) is 0 Å². The number of carbonyl (C=O) groups excluding carboxylic acids is 1. The highest BCUT2D eigenvalue weighted by molar-refractivity contribution is 7.90. The van der Waals surface area contributed by atoms with Crippen LogP contribution in [-0.4, -0.2) is 63.6 Å². The summed E-state index contributed by atoms with van der Waals surface area (Å²) in [7, 11) is -1.29. The highest BCUT2D eigenvalue weighted by Gasteiger charge is 2.31. The molecular weight excluding hydrogens is 244 g/mol. The van der Waals surface area contributed by atoms with Gasteiger partial charge in [0.25, 0.3) is 0 Å². The average molecular weight is 266 g/mol. The van der Waals surface area contributed by atoms with Crippen LogP contribution in [0.15, 0.2) is 0 Å². The molecule has 0 heterocycles. The normalized spacial score (nSPS) is 15.6. The molecule has 0 bridgehead atoms. The van der Waals surface area contributed by atoms with Crippen LogP contribution < -0.4 is 5.73 Å². The summed E-state index contributed by atoms with van der Waals surface area (Å²) < 4.78 is 26.8. The lowest BCUT2D eigenvalue weighted by atomic mass is 10.0. The number of hydrogen-bond acceptors (Lipinski definition) is 6. The topological polar surface area (TPSA) is 89.7 Å². The van der Waals surface area contributed by atoms with Crippen LogP contribution in [0.2, 0.25) is 0 Å². The average Bonchev–Trinajstić information content (AvgIpc) is 2.13. The van der Waals surface area contributed by atoms with E-state index in [9.17, 15) is 13.2 Å². The van der Waals surface area contributed by atoms with Crippen molar-refractivity contribution in [1.82, 2.24) is 4.90 Å². The van der Waals surface area contributed by atoms with E-state index in [1.165, 1.54) is 6.26 Å². The zero-order chi connectivity index (χ0) is 13.7. The molecule has 17 heavy (non-hydrogen) atoms. The summed E-state index contributed by atoms with van der Waals surface area (Å²) in [6.07, 6.45) is 1.17. The van der Waals surface area contributed by atoms with E-state index in [1.54, 1.807) is 25.8 Å². The standard InChI is InChI=1S/C10H22N2O4S/c1-5-16-9(13)10(2,11)8-12(3)6-7-17(4,14)15/h5-8,11H2,1-4H3. The molecule has 0 saturated heterocycles. The van der Waals surface area contributed by atoms with Gasteiger partial charge >= 0.3 is 5.97 Å². The molecule has 0 aromatic heterocycles. The molecule has 0 aliphatic carbocycles. The smallest absolute Gasteiger partial charge is 0.327 e. The van der Waals surface area contributed by atoms with Crippen LogP contribution in [0.25, 0.3) is 0 Å². The molecule has 7 heteroatoms. The number of esters is 1. The molecule has 0 amide bonds. The number of hydrogen-bond donors (Lipinski definition) is 1. The molecule has 0 spiro atoms. The summed E-state index contributed by atoms with van der Waals surface area (Å²) >= 11 is 0. The number of ether oxygens (including phenoxy) is 1. The third-order valence-electron chi connectivity index (χ3n) is 2.18. The first kappa shape index (κ1) is 16.3. The maximum Gasteiger partial charge on any atom is 0.327 e. The molecule has 0 aromatic carbocycles. The largest absolute Gasteiger partial charge is 0.465 e. The quantitative estimate of drug-likeness (QED) is 0.609. The Labute approximate surface area is 103 Å². The second-order valence-electron chi connectivity index (χ2n) is 4.51. The molecule has 0 rings (SSSR count). The fourth-order valence-corrected chi connectivity index (χ4v) is 1.97. The van der Waals surface area contributed by atoms with E-state index in [0.29, 0.717) is 6.54 Å². The van der Waals surface area contributed by atoms with E-state index in [-0.39, 0.29) is 18.9 Å². The van der Waals surface area contributed by atoms with Gasteiger partial charge in [-0.3, -0.25) is 4.79 Å². The predicted octanol–water partition coefficient (Wildman–Crippen LogP) is -0.757. The third kappa shape index (κ3) is 7.30. The van der Waals surface area contributed by atoms with E-state index in [1.807, 2.05) is 0 Å². The number of sulfone groups is 1. The van der Waals surface area contributed by atoms with Crippen LogP contribution in [0.4, 0.5) is 0 Å². The maximum atomic E-state index is 11.5. The molecular formula is C10H22N2O4S. The van der Waals surface area contributed by atoms with Gasteiger partial charge in [-0.2, -0.15) is 0 Å². The molecule has 0 saturated carbocycles. The molecule has 2 N–H and O–H groups in total. The van der Waals surface area contributed by atoms with Gasteiger partial charge in [0.2, 0.25) is 0 Å². The molecule has 6 nitrogen and oxygen atoms in total. The number of nitrogens with zero attached hydrogens (tertiary/aromatic N) is 1. The lowest BCUT2D eigenvalue weighted by Gasteiger charge is -2.27. The Morgan fingerprint density at radius 2 is 2.00 bits per heavy atom. The fourth-order valence-electron chi connectivity index (χ4n) is 1.32. The van der Waals surface area contributed by atoms with Crippen LogP contribution in [0.3, 0.4) is 0 Å². The Hall–Kier alpha value is -0.660. The lowest BCUT2D eigenvalue weighted by molar-refractivity contribution is -0.149.